The number of alkyl halides is 1. The van der Waals surface area contributed by atoms with E-state index in [0.717, 1.165) is 155 Å². The van der Waals surface area contributed by atoms with Crippen LogP contribution < -0.4 is 20.5 Å². The number of methoxy groups -OCH3 is 2. The van der Waals surface area contributed by atoms with Crippen molar-refractivity contribution in [1.82, 2.24) is 54.8 Å². The topological polar surface area (TPSA) is 270 Å². The monoisotopic (exact) mass is 2200 g/mol. The average Bonchev–Trinajstić information content (AvgIpc) is 1.66. The lowest BCUT2D eigenvalue weighted by Gasteiger charge is -2.14. The molecule has 0 saturated carbocycles. The van der Waals surface area contributed by atoms with Crippen molar-refractivity contribution in [3.8, 4) is 79.0 Å². The Bertz CT molecular complexity index is 8090. The molecule has 0 aliphatic carbocycles. The van der Waals surface area contributed by atoms with Crippen LogP contribution in [0.15, 0.2) is 333 Å². The van der Waals surface area contributed by atoms with E-state index in [-0.39, 0.29) is 13.2 Å². The van der Waals surface area contributed by atoms with Crippen molar-refractivity contribution in [2.45, 2.75) is 32.1 Å². The number of pyridine rings is 7. The summed E-state index contributed by atoms with van der Waals surface area (Å²) in [7, 11) is 3.16. The normalized spacial score (nSPS) is 10.9. The molecule has 0 aliphatic heterocycles. The lowest BCUT2D eigenvalue weighted by Crippen LogP contribution is -2.05. The van der Waals surface area contributed by atoms with Crippen molar-refractivity contribution in [2.24, 2.45) is 10.8 Å². The van der Waals surface area contributed by atoms with Crippen molar-refractivity contribution >= 4 is 267 Å². The van der Waals surface area contributed by atoms with Gasteiger partial charge >= 0.3 is 0 Å². The van der Waals surface area contributed by atoms with Crippen molar-refractivity contribution in [3.63, 3.8) is 0 Å². The summed E-state index contributed by atoms with van der Waals surface area (Å²) >= 11 is 93.1. The molecule has 0 bridgehead atoms. The van der Waals surface area contributed by atoms with Gasteiger partial charge in [0.25, 0.3) is 0 Å². The van der Waals surface area contributed by atoms with Crippen LogP contribution in [0.25, 0.3) is 165 Å². The van der Waals surface area contributed by atoms with Gasteiger partial charge in [0.15, 0.2) is 22.4 Å². The van der Waals surface area contributed by atoms with Gasteiger partial charge in [0.2, 0.25) is 0 Å². The molecule has 34 heteroatoms. The molecule has 22 rings (SSSR count). The Morgan fingerprint density at radius 2 is 0.621 bits per heavy atom. The summed E-state index contributed by atoms with van der Waals surface area (Å²) < 4.78 is 10.5. The number of aromatic amines is 1. The number of rotatable bonds is 16. The van der Waals surface area contributed by atoms with Crippen molar-refractivity contribution in [3.05, 3.63) is 437 Å². The highest BCUT2D eigenvalue weighted by Crippen LogP contribution is 2.43. The Balaban J connectivity index is 0.000000122. The third-order valence-corrected chi connectivity index (χ3v) is 27.5. The van der Waals surface area contributed by atoms with Crippen LogP contribution in [0.3, 0.4) is 0 Å². The molecule has 0 radical (unpaired) electrons. The van der Waals surface area contributed by atoms with Gasteiger partial charge in [0, 0.05) is 151 Å². The number of benzene rings is 13. The van der Waals surface area contributed by atoms with Gasteiger partial charge in [-0.3, -0.25) is 0 Å². The first-order chi connectivity index (χ1) is 70.4. The standard InChI is InChI=1S/C21H14Cl2N6.C16H10Cl3N.C16H10Cl2N4.C16H12Cl2N2.2C16H11Cl2NO.C10H7Cl2NO/c22-15-5-2-1-4-13(15)18-12(8-14-16(23)6-3-7-17(14)29-18)9-24-20-19-21(26-10-25-19)28-11-27-20;17-9-10-8-12-14(19)6-3-7-15(12)20-16(10)11-4-1-2-5-13(11)18;17-13-5-2-1-4-11(13)16-10(9-20-22-19)8-12-14(18)6-3-7-15(12)21-16;17-13-5-2-1-4-11(13)16-10(9-19)8-12-14(18)6-3-7-15(12)20-16;1-20-15-9-11-13(18)7-4-8-14(11)19-16(15)10-5-2-3-6-12(10)17;17-13-5-2-1-4-11(13)16-10(9-20)8-12-14(18)6-3-7-15(12)19-16;1-14-9-5-6-7(11)3-2-4-8(6)13-10(9)12/h1-8,10-11H,9H2,(H2,24,25,26,27,28);1-8H,9H2;1-8H,9H2;1-8H,9,19H2;2-9H,1H3;1-8,20H,9H2;2-5H,1H3. The van der Waals surface area contributed by atoms with E-state index in [9.17, 15) is 5.11 Å². The van der Waals surface area contributed by atoms with Crippen LogP contribution in [0.2, 0.25) is 70.4 Å². The Labute approximate surface area is 906 Å². The number of nitrogens with zero attached hydrogens (tertiary/aromatic N) is 13. The van der Waals surface area contributed by atoms with Crippen LogP contribution >= 0.6 is 174 Å². The number of halogens is 15. The number of imidazole rings is 1. The predicted molar refractivity (Wildman–Crippen MR) is 603 cm³/mol. The molecule has 9 aromatic heterocycles. The number of anilines is 1. The summed E-state index contributed by atoms with van der Waals surface area (Å²) in [6, 6.07) is 98.0. The number of aliphatic hydroxyl groups is 1. The molecule has 0 saturated heterocycles. The molecule has 722 valence electrons. The van der Waals surface area contributed by atoms with E-state index in [4.69, 9.17) is 200 Å². The molecule has 0 spiro atoms. The third-order valence-electron chi connectivity index (χ3n) is 22.6. The summed E-state index contributed by atoms with van der Waals surface area (Å²) in [5.41, 5.74) is 35.3. The molecule has 22 aromatic rings. The molecule has 0 atom stereocenters. The zero-order chi connectivity index (χ0) is 102. The van der Waals surface area contributed by atoms with Gasteiger partial charge in [-0.15, -0.1) is 11.6 Å². The van der Waals surface area contributed by atoms with E-state index in [1.54, 1.807) is 44.8 Å². The number of hydrogen-bond acceptors (Lipinski definition) is 16. The van der Waals surface area contributed by atoms with Crippen molar-refractivity contribution in [1.29, 1.82) is 0 Å². The second-order valence-corrected chi connectivity index (χ2v) is 37.5. The lowest BCUT2D eigenvalue weighted by molar-refractivity contribution is 0.282. The van der Waals surface area contributed by atoms with Gasteiger partial charge in [-0.1, -0.05) is 319 Å². The summed E-state index contributed by atoms with van der Waals surface area (Å²) in [6.07, 6.45) is 3.08. The minimum absolute atomic E-state index is 0.116. The first kappa shape index (κ1) is 105. The number of aliphatic hydroxyl groups excluding tert-OH is 1. The van der Waals surface area contributed by atoms with Gasteiger partial charge in [0.1, 0.15) is 23.3 Å². The van der Waals surface area contributed by atoms with Gasteiger partial charge in [0.05, 0.1) is 116 Å². The van der Waals surface area contributed by atoms with Crippen LogP contribution in [-0.2, 0) is 32.1 Å². The number of aromatic nitrogens is 11. The second-order valence-electron chi connectivity index (χ2n) is 31.6. The number of fused-ring (bicyclic) bond motifs is 8. The SMILES string of the molecule is COc1cc2c(Cl)cccc2nc1-c1ccccc1Cl.COc1cc2c(Cl)cccc2nc1Cl.ClCc1cc2c(Cl)cccc2nc1-c1ccccc1Cl.Clc1ccccc1-c1nc2cccc(Cl)c2cc1CNc1ncnc2nc[nH]c12.NCc1cc2c(Cl)cccc2nc1-c1ccccc1Cl.OCc1cc2c(Cl)cccc2nc1-c1ccccc1Cl.[N-]=[N+]=NCc1cc2c(Cl)cccc2nc1-c1ccccc1Cl. The van der Waals surface area contributed by atoms with E-state index in [2.05, 4.69) is 65.2 Å². The molecule has 5 N–H and O–H groups in total. The smallest absolute Gasteiger partial charge is 0.182 e. The molecule has 0 amide bonds. The molecule has 0 aliphatic rings. The number of azide groups is 1. The van der Waals surface area contributed by atoms with Gasteiger partial charge < -0.3 is 30.6 Å². The highest BCUT2D eigenvalue weighted by molar-refractivity contribution is 6.40. The predicted octanol–water partition coefficient (Wildman–Crippen LogP) is 35.6. The summed E-state index contributed by atoms with van der Waals surface area (Å²) in [5, 5.41) is 31.3. The first-order valence-electron chi connectivity index (χ1n) is 44.0. The van der Waals surface area contributed by atoms with Crippen LogP contribution in [0, 0.1) is 0 Å². The fourth-order valence-corrected chi connectivity index (χ4v) is 19.0. The molecule has 19 nitrogen and oxygen atoms in total. The van der Waals surface area contributed by atoms with E-state index in [1.165, 1.54) is 6.33 Å². The Morgan fingerprint density at radius 3 is 0.972 bits per heavy atom. The molecule has 9 heterocycles. The Hall–Kier alpha value is -12.7. The molecule has 145 heavy (non-hydrogen) atoms. The van der Waals surface area contributed by atoms with Crippen LogP contribution in [0.4, 0.5) is 5.82 Å². The molecule has 0 unspecified atom stereocenters. The molecular formula is C111H75Cl15N16O3. The minimum atomic E-state index is -0.116. The van der Waals surface area contributed by atoms with Gasteiger partial charge in [-0.2, -0.15) is 0 Å². The zero-order valence-electron chi connectivity index (χ0n) is 76.0. The van der Waals surface area contributed by atoms with Crippen LogP contribution in [-0.4, -0.2) is 74.1 Å². The Kier molecular flexibility index (Phi) is 35.8. The van der Waals surface area contributed by atoms with Crippen LogP contribution in [0.5, 0.6) is 11.5 Å². The van der Waals surface area contributed by atoms with Crippen molar-refractivity contribution in [2.75, 3.05) is 19.5 Å². The molecule has 0 fully saturated rings. The number of nitrogens with one attached hydrogen (secondary N) is 2. The van der Waals surface area contributed by atoms with E-state index in [1.807, 2.05) is 291 Å². The van der Waals surface area contributed by atoms with Gasteiger partial charge in [-0.25, -0.2) is 49.8 Å². The highest BCUT2D eigenvalue weighted by atomic mass is 35.5. The van der Waals surface area contributed by atoms with E-state index in [0.29, 0.717) is 135 Å². The second kappa shape index (κ2) is 49.4. The summed E-state index contributed by atoms with van der Waals surface area (Å²) in [4.78, 5) is 50.9. The number of H-pyrrole nitrogens is 1. The van der Waals surface area contributed by atoms with Crippen LogP contribution in [0.1, 0.15) is 27.8 Å². The summed E-state index contributed by atoms with van der Waals surface area (Å²) in [6.45, 7) is 0.925. The highest BCUT2D eigenvalue weighted by Gasteiger charge is 2.22. The summed E-state index contributed by atoms with van der Waals surface area (Å²) in [5.74, 6) is 2.21. The number of nitrogens with two attached hydrogens (primary N) is 1. The lowest BCUT2D eigenvalue weighted by atomic mass is 10.0. The maximum absolute atomic E-state index is 9.59. The quantitative estimate of drug-likeness (QED) is 0.0230. The zero-order valence-corrected chi connectivity index (χ0v) is 87.4. The fourth-order valence-electron chi connectivity index (χ4n) is 15.7. The number of hydrogen-bond donors (Lipinski definition) is 4. The number of ether oxygens (including phenoxy) is 2. The largest absolute Gasteiger partial charge is 0.494 e. The molecular weight excluding hydrogens is 2140 g/mol. The maximum atomic E-state index is 9.59. The van der Waals surface area contributed by atoms with Gasteiger partial charge in [-0.05, 0) is 192 Å². The fraction of sp³-hybridized carbons (Fsp3) is 0.0631. The Morgan fingerprint density at radius 1 is 0.331 bits per heavy atom. The van der Waals surface area contributed by atoms with E-state index >= 15 is 0 Å². The maximum Gasteiger partial charge on any atom is 0.182 e. The van der Waals surface area contributed by atoms with Crippen molar-refractivity contribution < 1.29 is 14.6 Å². The third kappa shape index (κ3) is 24.7. The first-order valence-corrected chi connectivity index (χ1v) is 49.9. The minimum Gasteiger partial charge on any atom is -0.494 e. The average molecular weight is 2210 g/mol. The molecule has 13 aromatic carbocycles. The van der Waals surface area contributed by atoms with E-state index < -0.39 is 0 Å².